The van der Waals surface area contributed by atoms with Crippen LogP contribution in [0.2, 0.25) is 10.0 Å². The standard InChI is InChI=1S/C17H15Cl2NO2S/c18-11-8-14-13(15(19)9-11)6-7-16(14)23(22)10-17(21)20-12-4-2-1-3-5-12/h1-5,8-9,16H,6-7,10H2,(H,20,21)/t16-,23+/m1/s1. The number of carbonyl (C=O) groups excluding carboxylic acids is 1. The molecule has 0 unspecified atom stereocenters. The monoisotopic (exact) mass is 367 g/mol. The van der Waals surface area contributed by atoms with Crippen molar-refractivity contribution in [1.29, 1.82) is 0 Å². The average molecular weight is 368 g/mol. The number of nitrogens with one attached hydrogen (secondary N) is 1. The van der Waals surface area contributed by atoms with E-state index in [2.05, 4.69) is 5.32 Å². The summed E-state index contributed by atoms with van der Waals surface area (Å²) in [6, 6.07) is 12.7. The largest absolute Gasteiger partial charge is 0.325 e. The molecule has 2 aromatic rings. The number of amides is 1. The minimum absolute atomic E-state index is 0.0386. The van der Waals surface area contributed by atoms with Crippen LogP contribution in [0.25, 0.3) is 0 Å². The zero-order valence-electron chi connectivity index (χ0n) is 12.2. The summed E-state index contributed by atoms with van der Waals surface area (Å²) in [6.45, 7) is 0. The van der Waals surface area contributed by atoms with Gasteiger partial charge in [0.05, 0.1) is 5.25 Å². The van der Waals surface area contributed by atoms with Crippen LogP contribution in [0.1, 0.15) is 22.8 Å². The molecule has 3 nitrogen and oxygen atoms in total. The van der Waals surface area contributed by atoms with Crippen molar-refractivity contribution in [2.75, 3.05) is 11.1 Å². The van der Waals surface area contributed by atoms with E-state index >= 15 is 0 Å². The van der Waals surface area contributed by atoms with Crippen LogP contribution in [0, 0.1) is 0 Å². The second-order valence-electron chi connectivity index (χ2n) is 5.42. The Morgan fingerprint density at radius 3 is 2.70 bits per heavy atom. The lowest BCUT2D eigenvalue weighted by Crippen LogP contribution is -2.22. The molecule has 1 aliphatic rings. The molecule has 0 saturated heterocycles. The van der Waals surface area contributed by atoms with E-state index in [4.69, 9.17) is 23.2 Å². The maximum absolute atomic E-state index is 12.6. The highest BCUT2D eigenvalue weighted by atomic mass is 35.5. The van der Waals surface area contributed by atoms with Crippen LogP contribution >= 0.6 is 23.2 Å². The normalized spacial score (nSPS) is 17.6. The molecule has 0 aliphatic heterocycles. The Kier molecular flexibility index (Phi) is 5.05. The molecule has 0 spiro atoms. The summed E-state index contributed by atoms with van der Waals surface area (Å²) in [5.74, 6) is -0.292. The number of hydrogen-bond donors (Lipinski definition) is 1. The summed E-state index contributed by atoms with van der Waals surface area (Å²) in [7, 11) is -1.31. The number of rotatable bonds is 4. The molecular formula is C17H15Cl2NO2S. The van der Waals surface area contributed by atoms with Crippen LogP contribution in [0.3, 0.4) is 0 Å². The van der Waals surface area contributed by atoms with Gasteiger partial charge in [0.15, 0.2) is 0 Å². The van der Waals surface area contributed by atoms with Crippen molar-refractivity contribution in [2.45, 2.75) is 18.1 Å². The van der Waals surface area contributed by atoms with E-state index in [1.165, 1.54) is 0 Å². The van der Waals surface area contributed by atoms with Gasteiger partial charge in [-0.25, -0.2) is 0 Å². The number of anilines is 1. The van der Waals surface area contributed by atoms with E-state index in [9.17, 15) is 9.00 Å². The number of benzene rings is 2. The summed E-state index contributed by atoms with van der Waals surface area (Å²) >= 11 is 12.2. The van der Waals surface area contributed by atoms with Gasteiger partial charge in [0, 0.05) is 26.5 Å². The first-order chi connectivity index (χ1) is 11.0. The van der Waals surface area contributed by atoms with Crippen LogP contribution in [-0.4, -0.2) is 15.9 Å². The molecule has 2 aromatic carbocycles. The van der Waals surface area contributed by atoms with Crippen molar-refractivity contribution in [1.82, 2.24) is 0 Å². The number of para-hydroxylation sites is 1. The molecule has 120 valence electrons. The number of fused-ring (bicyclic) bond motifs is 1. The Hall–Kier alpha value is -1.36. The fourth-order valence-corrected chi connectivity index (χ4v) is 4.84. The van der Waals surface area contributed by atoms with Gasteiger partial charge in [0.25, 0.3) is 0 Å². The topological polar surface area (TPSA) is 46.2 Å². The molecule has 2 atom stereocenters. The SMILES string of the molecule is O=C(C[S@](=O)[C@@H]1CCc2c(Cl)cc(Cl)cc21)Nc1ccccc1. The first kappa shape index (κ1) is 16.5. The predicted octanol–water partition coefficient (Wildman–Crippen LogP) is 4.37. The predicted molar refractivity (Wildman–Crippen MR) is 95.6 cm³/mol. The van der Waals surface area contributed by atoms with Crippen molar-refractivity contribution in [2.24, 2.45) is 0 Å². The van der Waals surface area contributed by atoms with Crippen molar-refractivity contribution in [3.63, 3.8) is 0 Å². The lowest BCUT2D eigenvalue weighted by molar-refractivity contribution is -0.113. The van der Waals surface area contributed by atoms with Crippen LogP contribution in [0.4, 0.5) is 5.69 Å². The molecule has 0 fully saturated rings. The van der Waals surface area contributed by atoms with Crippen LogP contribution in [0.15, 0.2) is 42.5 Å². The fraction of sp³-hybridized carbons (Fsp3) is 0.235. The highest BCUT2D eigenvalue weighted by molar-refractivity contribution is 7.86. The Morgan fingerprint density at radius 2 is 1.96 bits per heavy atom. The highest BCUT2D eigenvalue weighted by Crippen LogP contribution is 2.41. The molecule has 3 rings (SSSR count). The molecule has 23 heavy (non-hydrogen) atoms. The van der Waals surface area contributed by atoms with Crippen LogP contribution < -0.4 is 5.32 Å². The molecule has 1 N–H and O–H groups in total. The van der Waals surface area contributed by atoms with E-state index in [1.807, 2.05) is 24.3 Å². The van der Waals surface area contributed by atoms with Gasteiger partial charge in [-0.1, -0.05) is 41.4 Å². The highest BCUT2D eigenvalue weighted by Gasteiger charge is 2.30. The van der Waals surface area contributed by atoms with Gasteiger partial charge in [-0.15, -0.1) is 0 Å². The van der Waals surface area contributed by atoms with Crippen molar-refractivity contribution in [3.8, 4) is 0 Å². The smallest absolute Gasteiger partial charge is 0.237 e. The minimum Gasteiger partial charge on any atom is -0.325 e. The Labute approximate surface area is 147 Å². The van der Waals surface area contributed by atoms with Gasteiger partial charge >= 0.3 is 0 Å². The van der Waals surface area contributed by atoms with E-state index < -0.39 is 10.8 Å². The Bertz CT molecular complexity index is 765. The summed E-state index contributed by atoms with van der Waals surface area (Å²) < 4.78 is 12.6. The third kappa shape index (κ3) is 3.77. The Morgan fingerprint density at radius 1 is 1.22 bits per heavy atom. The number of carbonyl (C=O) groups is 1. The quantitative estimate of drug-likeness (QED) is 0.871. The molecule has 0 aromatic heterocycles. The minimum atomic E-state index is -1.31. The summed E-state index contributed by atoms with van der Waals surface area (Å²) in [5.41, 5.74) is 2.61. The molecule has 0 radical (unpaired) electrons. The molecule has 1 aliphatic carbocycles. The first-order valence-electron chi connectivity index (χ1n) is 7.24. The Balaban J connectivity index is 1.70. The van der Waals surface area contributed by atoms with Gasteiger partial charge < -0.3 is 5.32 Å². The zero-order valence-corrected chi connectivity index (χ0v) is 14.5. The number of hydrogen-bond acceptors (Lipinski definition) is 2. The van der Waals surface area contributed by atoms with Gasteiger partial charge in [-0.3, -0.25) is 9.00 Å². The number of halogens is 2. The lowest BCUT2D eigenvalue weighted by atomic mass is 10.1. The average Bonchev–Trinajstić information content (AvgIpc) is 2.92. The molecule has 1 amide bonds. The second-order valence-corrected chi connectivity index (χ2v) is 7.88. The maximum Gasteiger partial charge on any atom is 0.237 e. The van der Waals surface area contributed by atoms with Crippen LogP contribution in [-0.2, 0) is 22.0 Å². The van der Waals surface area contributed by atoms with Crippen molar-refractivity contribution < 1.29 is 9.00 Å². The van der Waals surface area contributed by atoms with E-state index in [1.54, 1.807) is 18.2 Å². The van der Waals surface area contributed by atoms with Crippen molar-refractivity contribution >= 4 is 45.6 Å². The molecular weight excluding hydrogens is 353 g/mol. The molecule has 0 saturated carbocycles. The third-order valence-electron chi connectivity index (χ3n) is 3.85. The van der Waals surface area contributed by atoms with Gasteiger partial charge in [0.2, 0.25) is 5.91 Å². The van der Waals surface area contributed by atoms with E-state index in [-0.39, 0.29) is 16.9 Å². The summed E-state index contributed by atoms with van der Waals surface area (Å²) in [4.78, 5) is 12.1. The fourth-order valence-electron chi connectivity index (χ4n) is 2.83. The molecule has 6 heteroatoms. The van der Waals surface area contributed by atoms with Crippen LogP contribution in [0.5, 0.6) is 0 Å². The first-order valence-corrected chi connectivity index (χ1v) is 9.38. The second kappa shape index (κ2) is 7.04. The van der Waals surface area contributed by atoms with Gasteiger partial charge in [-0.05, 0) is 48.2 Å². The molecule has 0 bridgehead atoms. The summed E-state index contributed by atoms with van der Waals surface area (Å²) in [6.07, 6.45) is 1.49. The van der Waals surface area contributed by atoms with Gasteiger partial charge in [0.1, 0.15) is 5.75 Å². The van der Waals surface area contributed by atoms with Gasteiger partial charge in [-0.2, -0.15) is 0 Å². The maximum atomic E-state index is 12.6. The zero-order chi connectivity index (χ0) is 16.4. The molecule has 0 heterocycles. The third-order valence-corrected chi connectivity index (χ3v) is 6.07. The van der Waals surface area contributed by atoms with E-state index in [0.29, 0.717) is 15.7 Å². The van der Waals surface area contributed by atoms with Crippen molar-refractivity contribution in [3.05, 3.63) is 63.6 Å². The van der Waals surface area contributed by atoms with E-state index in [0.717, 1.165) is 24.0 Å². The summed E-state index contributed by atoms with van der Waals surface area (Å²) in [5, 5.41) is 3.71. The lowest BCUT2D eigenvalue weighted by Gasteiger charge is -2.12.